The number of aryl methyl sites for hydroxylation is 1. The van der Waals surface area contributed by atoms with Gasteiger partial charge in [-0.3, -0.25) is 0 Å². The van der Waals surface area contributed by atoms with Gasteiger partial charge in [0, 0.05) is 5.39 Å². The summed E-state index contributed by atoms with van der Waals surface area (Å²) in [7, 11) is -2.08. The lowest BCUT2D eigenvalue weighted by atomic mass is 10.2. The predicted molar refractivity (Wildman–Crippen MR) is 90.0 cm³/mol. The molecule has 6 heteroatoms. The van der Waals surface area contributed by atoms with Gasteiger partial charge >= 0.3 is 0 Å². The maximum atomic E-state index is 12.9. The highest BCUT2D eigenvalue weighted by Crippen LogP contribution is 2.35. The summed E-state index contributed by atoms with van der Waals surface area (Å²) in [6.07, 6.45) is 0. The summed E-state index contributed by atoms with van der Waals surface area (Å²) >= 11 is 3.42. The molecule has 0 aliphatic carbocycles. The van der Waals surface area contributed by atoms with Gasteiger partial charge in [-0.05, 0) is 58.7 Å². The number of benzene rings is 2. The van der Waals surface area contributed by atoms with E-state index in [9.17, 15) is 8.42 Å². The van der Waals surface area contributed by atoms with E-state index in [1.165, 1.54) is 3.97 Å². The lowest BCUT2D eigenvalue weighted by Gasteiger charge is -2.09. The Kier molecular flexibility index (Phi) is 3.74. The highest BCUT2D eigenvalue weighted by Gasteiger charge is 2.24. The number of hydrogen-bond acceptors (Lipinski definition) is 3. The minimum Gasteiger partial charge on any atom is -0.497 e. The molecular formula is C16H14BrNO3S. The van der Waals surface area contributed by atoms with Crippen LogP contribution < -0.4 is 4.74 Å². The van der Waals surface area contributed by atoms with Crippen LogP contribution in [-0.4, -0.2) is 19.5 Å². The molecule has 0 unspecified atom stereocenters. The summed E-state index contributed by atoms with van der Waals surface area (Å²) in [5, 5.41) is 0.839. The van der Waals surface area contributed by atoms with E-state index in [1.807, 2.05) is 13.0 Å². The Hall–Kier alpha value is -1.79. The number of ether oxygens (including phenoxy) is 1. The highest BCUT2D eigenvalue weighted by molar-refractivity contribution is 9.10. The molecule has 4 nitrogen and oxygen atoms in total. The SMILES string of the molecule is COc1ccc2c(c1)c(C)c(Br)n2S(=O)(=O)c1ccccc1. The fourth-order valence-corrected chi connectivity index (χ4v) is 4.88. The van der Waals surface area contributed by atoms with Crippen molar-refractivity contribution in [3.63, 3.8) is 0 Å². The quantitative estimate of drug-likeness (QED) is 0.691. The Morgan fingerprint density at radius 3 is 2.41 bits per heavy atom. The Morgan fingerprint density at radius 2 is 1.77 bits per heavy atom. The van der Waals surface area contributed by atoms with Gasteiger partial charge in [0.15, 0.2) is 0 Å². The lowest BCUT2D eigenvalue weighted by Crippen LogP contribution is -2.13. The predicted octanol–water partition coefficient (Wildman–Crippen LogP) is 3.96. The zero-order valence-electron chi connectivity index (χ0n) is 12.1. The van der Waals surface area contributed by atoms with Crippen LogP contribution in [0.3, 0.4) is 0 Å². The summed E-state index contributed by atoms with van der Waals surface area (Å²) in [6.45, 7) is 1.88. The van der Waals surface area contributed by atoms with E-state index >= 15 is 0 Å². The van der Waals surface area contributed by atoms with Gasteiger partial charge in [0.2, 0.25) is 0 Å². The first-order valence-corrected chi connectivity index (χ1v) is 8.85. The second kappa shape index (κ2) is 5.44. The van der Waals surface area contributed by atoms with E-state index in [-0.39, 0.29) is 4.90 Å². The third-order valence-corrected chi connectivity index (χ3v) is 6.51. The van der Waals surface area contributed by atoms with Crippen LogP contribution in [0.15, 0.2) is 58.0 Å². The summed E-state index contributed by atoms with van der Waals surface area (Å²) in [5.41, 5.74) is 1.47. The molecule has 0 fully saturated rings. The van der Waals surface area contributed by atoms with Crippen LogP contribution in [-0.2, 0) is 10.0 Å². The molecule has 0 spiro atoms. The molecule has 2 aromatic carbocycles. The van der Waals surface area contributed by atoms with E-state index in [1.54, 1.807) is 49.6 Å². The molecule has 0 saturated carbocycles. The molecule has 114 valence electrons. The zero-order valence-corrected chi connectivity index (χ0v) is 14.5. The second-order valence-electron chi connectivity index (χ2n) is 4.88. The molecule has 0 N–H and O–H groups in total. The number of aromatic nitrogens is 1. The van der Waals surface area contributed by atoms with Crippen molar-refractivity contribution < 1.29 is 13.2 Å². The topological polar surface area (TPSA) is 48.3 Å². The number of hydrogen-bond donors (Lipinski definition) is 0. The Balaban J connectivity index is 2.35. The average molecular weight is 380 g/mol. The molecule has 22 heavy (non-hydrogen) atoms. The number of halogens is 1. The van der Waals surface area contributed by atoms with Crippen molar-refractivity contribution in [1.82, 2.24) is 3.97 Å². The molecule has 1 heterocycles. The minimum atomic E-state index is -3.67. The van der Waals surface area contributed by atoms with Crippen LogP contribution >= 0.6 is 15.9 Å². The van der Waals surface area contributed by atoms with Crippen molar-refractivity contribution in [3.8, 4) is 5.75 Å². The molecule has 0 aliphatic heterocycles. The van der Waals surface area contributed by atoms with Gasteiger partial charge in [0.05, 0.1) is 17.5 Å². The monoisotopic (exact) mass is 379 g/mol. The van der Waals surface area contributed by atoms with Crippen molar-refractivity contribution in [2.45, 2.75) is 11.8 Å². The fourth-order valence-electron chi connectivity index (χ4n) is 2.42. The fraction of sp³-hybridized carbons (Fsp3) is 0.125. The van der Waals surface area contributed by atoms with Crippen molar-refractivity contribution >= 4 is 36.9 Å². The Bertz CT molecular complexity index is 946. The van der Waals surface area contributed by atoms with Crippen LogP contribution in [0, 0.1) is 6.92 Å². The van der Waals surface area contributed by atoms with Crippen LogP contribution in [0.25, 0.3) is 10.9 Å². The minimum absolute atomic E-state index is 0.253. The van der Waals surface area contributed by atoms with Gasteiger partial charge in [-0.1, -0.05) is 18.2 Å². The van der Waals surface area contributed by atoms with Gasteiger partial charge < -0.3 is 4.74 Å². The first-order valence-electron chi connectivity index (χ1n) is 6.62. The van der Waals surface area contributed by atoms with Crippen LogP contribution in [0.4, 0.5) is 0 Å². The van der Waals surface area contributed by atoms with Gasteiger partial charge in [-0.25, -0.2) is 12.4 Å². The van der Waals surface area contributed by atoms with E-state index < -0.39 is 10.0 Å². The maximum Gasteiger partial charge on any atom is 0.269 e. The van der Waals surface area contributed by atoms with Crippen molar-refractivity contribution in [2.75, 3.05) is 7.11 Å². The first kappa shape index (κ1) is 15.1. The number of rotatable bonds is 3. The standard InChI is InChI=1S/C16H14BrNO3S/c1-11-14-10-12(21-2)8-9-15(14)18(16(11)17)22(19,20)13-6-4-3-5-7-13/h3-10H,1-2H3. The van der Waals surface area contributed by atoms with E-state index in [2.05, 4.69) is 15.9 Å². The van der Waals surface area contributed by atoms with E-state index in [4.69, 9.17) is 4.74 Å². The molecule has 1 aromatic heterocycles. The number of nitrogens with zero attached hydrogens (tertiary/aromatic N) is 1. The van der Waals surface area contributed by atoms with Crippen LogP contribution in [0.5, 0.6) is 5.75 Å². The first-order chi connectivity index (χ1) is 10.5. The van der Waals surface area contributed by atoms with Gasteiger partial charge in [0.25, 0.3) is 10.0 Å². The summed E-state index contributed by atoms with van der Waals surface area (Å²) in [5.74, 6) is 0.692. The smallest absolute Gasteiger partial charge is 0.269 e. The second-order valence-corrected chi connectivity index (χ2v) is 7.42. The molecule has 3 rings (SSSR count). The van der Waals surface area contributed by atoms with E-state index in [0.29, 0.717) is 15.9 Å². The van der Waals surface area contributed by atoms with Crippen LogP contribution in [0.2, 0.25) is 0 Å². The largest absolute Gasteiger partial charge is 0.497 e. The molecule has 0 aliphatic rings. The van der Waals surface area contributed by atoms with E-state index in [0.717, 1.165) is 10.9 Å². The van der Waals surface area contributed by atoms with Crippen molar-refractivity contribution in [3.05, 3.63) is 58.7 Å². The average Bonchev–Trinajstić information content (AvgIpc) is 2.79. The van der Waals surface area contributed by atoms with Gasteiger partial charge in [0.1, 0.15) is 10.4 Å². The number of methoxy groups -OCH3 is 1. The van der Waals surface area contributed by atoms with Crippen molar-refractivity contribution in [1.29, 1.82) is 0 Å². The normalized spacial score (nSPS) is 11.8. The molecule has 0 saturated heterocycles. The molecule has 0 amide bonds. The third kappa shape index (κ3) is 2.23. The molecule has 0 atom stereocenters. The summed E-state index contributed by atoms with van der Waals surface area (Å²) in [6, 6.07) is 13.7. The molecule has 0 bridgehead atoms. The van der Waals surface area contributed by atoms with Gasteiger partial charge in [-0.15, -0.1) is 0 Å². The summed E-state index contributed by atoms with van der Waals surface area (Å²) in [4.78, 5) is 0.253. The van der Waals surface area contributed by atoms with Crippen LogP contribution in [0.1, 0.15) is 5.56 Å². The third-order valence-electron chi connectivity index (χ3n) is 3.60. The Labute approximate surface area is 137 Å². The molecule has 0 radical (unpaired) electrons. The lowest BCUT2D eigenvalue weighted by molar-refractivity contribution is 0.415. The molecule has 3 aromatic rings. The van der Waals surface area contributed by atoms with Gasteiger partial charge in [-0.2, -0.15) is 0 Å². The molecular weight excluding hydrogens is 366 g/mol. The maximum absolute atomic E-state index is 12.9. The number of fused-ring (bicyclic) bond motifs is 1. The van der Waals surface area contributed by atoms with Crippen molar-refractivity contribution in [2.24, 2.45) is 0 Å². The Morgan fingerprint density at radius 1 is 1.09 bits per heavy atom. The highest BCUT2D eigenvalue weighted by atomic mass is 79.9. The zero-order chi connectivity index (χ0) is 15.9. The summed E-state index contributed by atoms with van der Waals surface area (Å²) < 4.78 is 33.0.